The van der Waals surface area contributed by atoms with Crippen molar-refractivity contribution >= 4 is 44.0 Å². The van der Waals surface area contributed by atoms with Gasteiger partial charge in [0.15, 0.2) is 0 Å². The summed E-state index contributed by atoms with van der Waals surface area (Å²) in [7, 11) is 6.64. The van der Waals surface area contributed by atoms with Crippen LogP contribution in [0.5, 0.6) is 0 Å². The number of benzene rings is 2. The summed E-state index contributed by atoms with van der Waals surface area (Å²) in [5, 5.41) is 2.76. The molecule has 1 fully saturated rings. The minimum atomic E-state index is -0.650. The second-order valence-electron chi connectivity index (χ2n) is 5.41. The lowest BCUT2D eigenvalue weighted by molar-refractivity contribution is -0.121. The third kappa shape index (κ3) is 2.97. The van der Waals surface area contributed by atoms with Gasteiger partial charge in [0.1, 0.15) is 0 Å². The number of anilines is 2. The molecule has 5 nitrogen and oxygen atoms in total. The van der Waals surface area contributed by atoms with Crippen molar-refractivity contribution in [2.45, 2.75) is 12.2 Å². The van der Waals surface area contributed by atoms with Crippen LogP contribution in [0.3, 0.4) is 0 Å². The van der Waals surface area contributed by atoms with Crippen molar-refractivity contribution in [1.29, 1.82) is 0 Å². The fourth-order valence-corrected chi connectivity index (χ4v) is 2.64. The summed E-state index contributed by atoms with van der Waals surface area (Å²) in [6.07, 6.45) is 0.0178. The van der Waals surface area contributed by atoms with Crippen LogP contribution in [-0.4, -0.2) is 32.6 Å². The van der Waals surface area contributed by atoms with Gasteiger partial charge in [-0.25, -0.2) is 0 Å². The van der Waals surface area contributed by atoms with Gasteiger partial charge in [0, 0.05) is 25.7 Å². The van der Waals surface area contributed by atoms with E-state index < -0.39 is 17.6 Å². The van der Waals surface area contributed by atoms with Gasteiger partial charge in [0.25, 0.3) is 5.91 Å². The maximum atomic E-state index is 12.6. The van der Waals surface area contributed by atoms with Gasteiger partial charge < -0.3 is 5.32 Å². The van der Waals surface area contributed by atoms with Crippen LogP contribution in [0.15, 0.2) is 54.6 Å². The highest BCUT2D eigenvalue weighted by Gasteiger charge is 2.39. The predicted octanol–water partition coefficient (Wildman–Crippen LogP) is 1.78. The Morgan fingerprint density at radius 1 is 1.08 bits per heavy atom. The fourth-order valence-electron chi connectivity index (χ4n) is 2.64. The van der Waals surface area contributed by atoms with Gasteiger partial charge in [-0.3, -0.25) is 19.3 Å². The van der Waals surface area contributed by atoms with Crippen LogP contribution in [0.25, 0.3) is 0 Å². The van der Waals surface area contributed by atoms with E-state index in [9.17, 15) is 14.4 Å². The summed E-state index contributed by atoms with van der Waals surface area (Å²) in [5.41, 5.74) is 1.15. The monoisotopic (exact) mass is 315 g/mol. The summed E-state index contributed by atoms with van der Waals surface area (Å²) < 4.78 is 0. The molecule has 0 bridgehead atoms. The zero-order valence-corrected chi connectivity index (χ0v) is 12.8. The van der Waals surface area contributed by atoms with Gasteiger partial charge in [-0.1, -0.05) is 30.3 Å². The molecular weight excluding hydrogens is 302 g/mol. The highest BCUT2D eigenvalue weighted by atomic mass is 16.2. The Morgan fingerprint density at radius 2 is 1.75 bits per heavy atom. The zero-order valence-electron chi connectivity index (χ0n) is 12.8. The summed E-state index contributed by atoms with van der Waals surface area (Å²) in [6, 6.07) is 15.5. The van der Waals surface area contributed by atoms with E-state index in [-0.39, 0.29) is 23.6 Å². The molecular formula is C17H13B2N2O3. The first kappa shape index (κ1) is 16.1. The Bertz CT molecular complexity index is 795. The maximum absolute atomic E-state index is 12.6. The number of hydrogen-bond acceptors (Lipinski definition) is 3. The van der Waals surface area contributed by atoms with Crippen LogP contribution in [0.1, 0.15) is 16.8 Å². The van der Waals surface area contributed by atoms with Crippen LogP contribution in [0.2, 0.25) is 5.82 Å². The topological polar surface area (TPSA) is 66.5 Å². The highest BCUT2D eigenvalue weighted by Crippen LogP contribution is 2.31. The SMILES string of the molecule is [B][B]C1CC(=O)N(c2ccccc2C(=O)Nc2ccccc2)C1=O. The lowest BCUT2D eigenvalue weighted by Crippen LogP contribution is -2.32. The number of carbonyl (C=O) groups is 3. The van der Waals surface area contributed by atoms with Gasteiger partial charge in [-0.05, 0) is 24.3 Å². The molecule has 3 radical (unpaired) electrons. The average molecular weight is 315 g/mol. The van der Waals surface area contributed by atoms with Crippen molar-refractivity contribution in [2.24, 2.45) is 0 Å². The number of nitrogens with zero attached hydrogens (tertiary/aromatic N) is 1. The fraction of sp³-hybridized carbons (Fsp3) is 0.118. The second-order valence-corrected chi connectivity index (χ2v) is 5.41. The molecule has 24 heavy (non-hydrogen) atoms. The molecule has 1 atom stereocenters. The standard InChI is InChI=1S/C17H13B2N2O3/c18-19-13-10-15(22)21(17(13)24)14-9-5-4-8-12(14)16(23)20-11-6-2-1-3-7-11/h1-9,13H,10H2,(H,20,23). The number of imide groups is 1. The Kier molecular flexibility index (Phi) is 4.51. The van der Waals surface area contributed by atoms with Crippen LogP contribution >= 0.6 is 0 Å². The molecule has 1 heterocycles. The molecule has 0 saturated carbocycles. The molecule has 2 aromatic rings. The molecule has 1 saturated heterocycles. The third-order valence-corrected chi connectivity index (χ3v) is 3.84. The molecule has 1 N–H and O–H groups in total. The quantitative estimate of drug-likeness (QED) is 0.691. The number of hydrogen-bond donors (Lipinski definition) is 1. The molecule has 2 aromatic carbocycles. The molecule has 3 amide bonds. The van der Waals surface area contributed by atoms with Crippen molar-refractivity contribution in [3.05, 3.63) is 60.2 Å². The lowest BCUT2D eigenvalue weighted by atomic mass is 9.47. The van der Waals surface area contributed by atoms with E-state index in [0.29, 0.717) is 5.69 Å². The molecule has 1 aliphatic heterocycles. The smallest absolute Gasteiger partial charge is 0.257 e. The van der Waals surface area contributed by atoms with E-state index in [4.69, 9.17) is 7.74 Å². The van der Waals surface area contributed by atoms with E-state index in [2.05, 4.69) is 5.32 Å². The van der Waals surface area contributed by atoms with Gasteiger partial charge in [-0.2, -0.15) is 0 Å². The Hall–Kier alpha value is -2.82. The average Bonchev–Trinajstić information content (AvgIpc) is 2.89. The summed E-state index contributed by atoms with van der Waals surface area (Å²) in [6.45, 7) is 0. The van der Waals surface area contributed by atoms with Gasteiger partial charge >= 0.3 is 0 Å². The van der Waals surface area contributed by atoms with Crippen LogP contribution in [0.4, 0.5) is 11.4 Å². The van der Waals surface area contributed by atoms with Crippen molar-refractivity contribution in [2.75, 3.05) is 10.2 Å². The van der Waals surface area contributed by atoms with Crippen LogP contribution in [-0.2, 0) is 9.59 Å². The molecule has 115 valence electrons. The van der Waals surface area contributed by atoms with E-state index in [0.717, 1.165) is 4.90 Å². The van der Waals surface area contributed by atoms with Crippen molar-refractivity contribution in [3.63, 3.8) is 0 Å². The number of nitrogens with one attached hydrogen (secondary N) is 1. The summed E-state index contributed by atoms with van der Waals surface area (Å²) >= 11 is 0. The first-order chi connectivity index (χ1) is 11.6. The lowest BCUT2D eigenvalue weighted by Gasteiger charge is -2.18. The first-order valence-electron chi connectivity index (χ1n) is 7.49. The molecule has 0 aromatic heterocycles. The van der Waals surface area contributed by atoms with Crippen molar-refractivity contribution in [1.82, 2.24) is 0 Å². The first-order valence-corrected chi connectivity index (χ1v) is 7.49. The van der Waals surface area contributed by atoms with E-state index in [1.807, 2.05) is 6.07 Å². The van der Waals surface area contributed by atoms with E-state index >= 15 is 0 Å². The van der Waals surface area contributed by atoms with Gasteiger partial charge in [-0.15, -0.1) is 0 Å². The van der Waals surface area contributed by atoms with Gasteiger partial charge in [0.2, 0.25) is 11.8 Å². The Balaban J connectivity index is 1.92. The largest absolute Gasteiger partial charge is 0.322 e. The highest BCUT2D eigenvalue weighted by molar-refractivity contribution is 6.92. The van der Waals surface area contributed by atoms with Crippen molar-refractivity contribution < 1.29 is 14.4 Å². The van der Waals surface area contributed by atoms with Crippen LogP contribution < -0.4 is 10.2 Å². The molecule has 1 unspecified atom stereocenters. The molecule has 1 aliphatic rings. The number of amides is 3. The molecule has 7 heteroatoms. The third-order valence-electron chi connectivity index (χ3n) is 3.84. The maximum Gasteiger partial charge on any atom is 0.257 e. The van der Waals surface area contributed by atoms with E-state index in [1.54, 1.807) is 48.5 Å². The summed E-state index contributed by atoms with van der Waals surface area (Å²) in [5.74, 6) is -1.82. The number of carbonyl (C=O) groups excluding carboxylic acids is 3. The minimum absolute atomic E-state index is 0.0178. The molecule has 0 aliphatic carbocycles. The molecule has 3 rings (SSSR count). The van der Waals surface area contributed by atoms with Crippen LogP contribution in [0, 0.1) is 0 Å². The minimum Gasteiger partial charge on any atom is -0.322 e. The van der Waals surface area contributed by atoms with Gasteiger partial charge in [0.05, 0.1) is 18.4 Å². The normalized spacial score (nSPS) is 17.0. The second kappa shape index (κ2) is 6.74. The number of rotatable bonds is 4. The summed E-state index contributed by atoms with van der Waals surface area (Å²) in [4.78, 5) is 38.1. The number of para-hydroxylation sites is 2. The zero-order chi connectivity index (χ0) is 17.1. The predicted molar refractivity (Wildman–Crippen MR) is 93.2 cm³/mol. The molecule has 0 spiro atoms. The Morgan fingerprint density at radius 3 is 2.42 bits per heavy atom. The Labute approximate surface area is 141 Å². The van der Waals surface area contributed by atoms with Crippen molar-refractivity contribution in [3.8, 4) is 0 Å². The van der Waals surface area contributed by atoms with E-state index in [1.165, 1.54) is 7.17 Å².